The number of hydrogen-bond acceptors (Lipinski definition) is 9. The summed E-state index contributed by atoms with van der Waals surface area (Å²) in [7, 11) is 0. The molecule has 0 atom stereocenters. The lowest BCUT2D eigenvalue weighted by molar-refractivity contribution is -0.118. The van der Waals surface area contributed by atoms with Crippen molar-refractivity contribution in [2.75, 3.05) is 50.3 Å². The molecule has 10 heteroatoms. The molecule has 1 aliphatic heterocycles. The van der Waals surface area contributed by atoms with E-state index in [-0.39, 0.29) is 5.78 Å². The molecule has 0 amide bonds. The minimum absolute atomic E-state index is 0.179. The number of nitrogens with one attached hydrogen (secondary N) is 3. The van der Waals surface area contributed by atoms with Gasteiger partial charge in [0.15, 0.2) is 11.5 Å². The highest BCUT2D eigenvalue weighted by molar-refractivity contribution is 5.91. The Morgan fingerprint density at radius 1 is 0.895 bits per heavy atom. The van der Waals surface area contributed by atoms with Crippen LogP contribution in [-0.2, 0) is 20.7 Å². The number of Topliss-reactive ketones (excluding diaryl/α,β-unsaturated/α-hetero) is 1. The van der Waals surface area contributed by atoms with Gasteiger partial charge in [0.25, 0.3) is 0 Å². The van der Waals surface area contributed by atoms with E-state index in [4.69, 9.17) is 23.9 Å². The lowest BCUT2D eigenvalue weighted by Gasteiger charge is -2.16. The third kappa shape index (κ3) is 6.39. The Balaban J connectivity index is 1.40. The molecular weight excluding hydrogens is 486 g/mol. The molecule has 0 fully saturated rings. The molecule has 0 radical (unpaired) electrons. The van der Waals surface area contributed by atoms with Crippen molar-refractivity contribution < 1.29 is 23.7 Å². The van der Waals surface area contributed by atoms with E-state index >= 15 is 0 Å². The van der Waals surface area contributed by atoms with E-state index in [2.05, 4.69) is 20.6 Å². The van der Waals surface area contributed by atoms with Crippen LogP contribution in [0.2, 0.25) is 0 Å². The summed E-state index contributed by atoms with van der Waals surface area (Å²) in [5, 5.41) is 7.53. The Morgan fingerprint density at radius 3 is 2.47 bits per heavy atom. The standard InChI is InChI=1S/C28H31N5O5/c1-2-21(34)17-19-5-3-4-6-23(19)31-27-22-9-10-29-26(22)32-28(33-27)30-20-7-8-24-25(18-20)38-16-14-36-12-11-35-13-15-37-24/h3-10,18H,2,11-17H2,1H3,(H3,29,30,31,32,33). The molecule has 2 aromatic heterocycles. The normalized spacial score (nSPS) is 14.3. The molecule has 0 saturated heterocycles. The summed E-state index contributed by atoms with van der Waals surface area (Å²) in [6.45, 7) is 4.65. The maximum Gasteiger partial charge on any atom is 0.231 e. The van der Waals surface area contributed by atoms with Gasteiger partial charge in [-0.25, -0.2) is 0 Å². The van der Waals surface area contributed by atoms with Crippen molar-refractivity contribution in [2.45, 2.75) is 19.8 Å². The van der Waals surface area contributed by atoms with Crippen LogP contribution in [0.25, 0.3) is 11.0 Å². The summed E-state index contributed by atoms with van der Waals surface area (Å²) in [6, 6.07) is 15.3. The van der Waals surface area contributed by atoms with E-state index < -0.39 is 0 Å². The fourth-order valence-electron chi connectivity index (χ4n) is 4.04. The van der Waals surface area contributed by atoms with Crippen molar-refractivity contribution in [2.24, 2.45) is 0 Å². The zero-order valence-electron chi connectivity index (χ0n) is 21.3. The summed E-state index contributed by atoms with van der Waals surface area (Å²) in [5.41, 5.74) is 3.16. The first-order chi connectivity index (χ1) is 18.7. The van der Waals surface area contributed by atoms with Gasteiger partial charge in [-0.2, -0.15) is 9.97 Å². The maximum atomic E-state index is 12.1. The molecule has 2 aromatic carbocycles. The second-order valence-electron chi connectivity index (χ2n) is 8.70. The quantitative estimate of drug-likeness (QED) is 0.318. The molecule has 38 heavy (non-hydrogen) atoms. The van der Waals surface area contributed by atoms with Crippen LogP contribution >= 0.6 is 0 Å². The van der Waals surface area contributed by atoms with Crippen LogP contribution in [0.1, 0.15) is 18.9 Å². The highest BCUT2D eigenvalue weighted by Crippen LogP contribution is 2.33. The summed E-state index contributed by atoms with van der Waals surface area (Å²) in [5.74, 6) is 2.42. The average Bonchev–Trinajstić information content (AvgIpc) is 3.39. The molecule has 3 heterocycles. The van der Waals surface area contributed by atoms with Gasteiger partial charge in [0, 0.05) is 36.5 Å². The Morgan fingerprint density at radius 2 is 1.66 bits per heavy atom. The molecule has 5 rings (SSSR count). The summed E-state index contributed by atoms with van der Waals surface area (Å²) < 4.78 is 22.8. The lowest BCUT2D eigenvalue weighted by atomic mass is 10.1. The van der Waals surface area contributed by atoms with Crippen LogP contribution in [0, 0.1) is 0 Å². The maximum absolute atomic E-state index is 12.1. The van der Waals surface area contributed by atoms with Crippen LogP contribution < -0.4 is 20.1 Å². The fourth-order valence-corrected chi connectivity index (χ4v) is 4.04. The van der Waals surface area contributed by atoms with Gasteiger partial charge in [-0.15, -0.1) is 0 Å². The summed E-state index contributed by atoms with van der Waals surface area (Å²) in [4.78, 5) is 24.7. The number of carbonyl (C=O) groups is 1. The number of fused-ring (bicyclic) bond motifs is 2. The first kappa shape index (κ1) is 25.5. The van der Waals surface area contributed by atoms with E-state index in [1.54, 1.807) is 0 Å². The number of aromatic amines is 1. The van der Waals surface area contributed by atoms with Gasteiger partial charge in [-0.05, 0) is 29.8 Å². The zero-order chi connectivity index (χ0) is 26.2. The van der Waals surface area contributed by atoms with E-state index in [0.717, 1.165) is 22.3 Å². The molecule has 0 spiro atoms. The Hall–Kier alpha value is -4.15. The molecule has 4 aromatic rings. The topological polar surface area (TPSA) is 120 Å². The number of ketones is 1. The van der Waals surface area contributed by atoms with Gasteiger partial charge in [0.2, 0.25) is 5.95 Å². The van der Waals surface area contributed by atoms with Gasteiger partial charge in [0.05, 0.1) is 31.8 Å². The smallest absolute Gasteiger partial charge is 0.231 e. The van der Waals surface area contributed by atoms with Crippen molar-refractivity contribution in [3.63, 3.8) is 0 Å². The van der Waals surface area contributed by atoms with Gasteiger partial charge < -0.3 is 34.6 Å². The van der Waals surface area contributed by atoms with Crippen molar-refractivity contribution in [1.82, 2.24) is 15.0 Å². The number of nitrogens with zero attached hydrogens (tertiary/aromatic N) is 2. The summed E-state index contributed by atoms with van der Waals surface area (Å²) in [6.07, 6.45) is 2.67. The number of ether oxygens (including phenoxy) is 4. The fraction of sp³-hybridized carbons (Fsp3) is 0.321. The molecule has 0 aliphatic carbocycles. The van der Waals surface area contributed by atoms with E-state index in [1.807, 2.05) is 61.7 Å². The van der Waals surface area contributed by atoms with Crippen molar-refractivity contribution >= 4 is 40.0 Å². The van der Waals surface area contributed by atoms with Gasteiger partial charge >= 0.3 is 0 Å². The molecule has 0 unspecified atom stereocenters. The summed E-state index contributed by atoms with van der Waals surface area (Å²) >= 11 is 0. The molecule has 1 aliphatic rings. The average molecular weight is 518 g/mol. The predicted octanol–water partition coefficient (Wildman–Crippen LogP) is 4.77. The Bertz CT molecular complexity index is 1390. The number of carbonyl (C=O) groups excluding carboxylic acids is 1. The number of H-pyrrole nitrogens is 1. The SMILES string of the molecule is CCC(=O)Cc1ccccc1Nc1nc(Nc2ccc3c(c2)OCCOCCOCCO3)nc2[nH]ccc12. The molecule has 0 saturated carbocycles. The first-order valence-corrected chi connectivity index (χ1v) is 12.7. The van der Waals surface area contributed by atoms with Crippen LogP contribution in [0.5, 0.6) is 11.5 Å². The number of aromatic nitrogens is 3. The van der Waals surface area contributed by atoms with Crippen molar-refractivity contribution in [3.05, 3.63) is 60.3 Å². The molecular formula is C28H31N5O5. The molecule has 10 nitrogen and oxygen atoms in total. The zero-order valence-corrected chi connectivity index (χ0v) is 21.3. The first-order valence-electron chi connectivity index (χ1n) is 12.7. The van der Waals surface area contributed by atoms with E-state index in [9.17, 15) is 4.79 Å². The highest BCUT2D eigenvalue weighted by Gasteiger charge is 2.14. The number of anilines is 4. The molecule has 3 N–H and O–H groups in total. The predicted molar refractivity (Wildman–Crippen MR) is 145 cm³/mol. The molecule has 0 bridgehead atoms. The second kappa shape index (κ2) is 12.4. The number of para-hydroxylation sites is 1. The van der Waals surface area contributed by atoms with Gasteiger partial charge in [0.1, 0.15) is 30.5 Å². The second-order valence-corrected chi connectivity index (χ2v) is 8.70. The van der Waals surface area contributed by atoms with Gasteiger partial charge in [-0.1, -0.05) is 25.1 Å². The van der Waals surface area contributed by atoms with Crippen LogP contribution in [0.3, 0.4) is 0 Å². The number of rotatable bonds is 7. The van der Waals surface area contributed by atoms with E-state index in [1.165, 1.54) is 0 Å². The monoisotopic (exact) mass is 517 g/mol. The minimum Gasteiger partial charge on any atom is -0.487 e. The third-order valence-corrected chi connectivity index (χ3v) is 6.01. The van der Waals surface area contributed by atoms with Crippen molar-refractivity contribution in [3.8, 4) is 11.5 Å². The van der Waals surface area contributed by atoms with Crippen LogP contribution in [-0.4, -0.2) is 60.4 Å². The number of hydrogen-bond donors (Lipinski definition) is 3. The van der Waals surface area contributed by atoms with Crippen molar-refractivity contribution in [1.29, 1.82) is 0 Å². The Labute approximate surface area is 220 Å². The third-order valence-electron chi connectivity index (χ3n) is 6.01. The Kier molecular flexibility index (Phi) is 8.32. The van der Waals surface area contributed by atoms with E-state index in [0.29, 0.717) is 81.4 Å². The highest BCUT2D eigenvalue weighted by atomic mass is 16.6. The lowest BCUT2D eigenvalue weighted by Crippen LogP contribution is -2.15. The molecule has 198 valence electrons. The van der Waals surface area contributed by atoms with Crippen LogP contribution in [0.4, 0.5) is 23.1 Å². The van der Waals surface area contributed by atoms with Crippen LogP contribution in [0.15, 0.2) is 54.7 Å². The largest absolute Gasteiger partial charge is 0.487 e. The number of benzene rings is 2. The van der Waals surface area contributed by atoms with Gasteiger partial charge in [-0.3, -0.25) is 4.79 Å². The minimum atomic E-state index is 0.179.